The molecule has 1 aromatic rings. The molecule has 1 amide bonds. The Morgan fingerprint density at radius 3 is 2.65 bits per heavy atom. The molecule has 4 nitrogen and oxygen atoms in total. The van der Waals surface area contributed by atoms with Crippen LogP contribution in [0.25, 0.3) is 0 Å². The SMILES string of the molecule is COC(=O)C(CC(C)C)NC(=O)C1Cc2ccccc21. The Hall–Kier alpha value is -1.84. The van der Waals surface area contributed by atoms with E-state index in [-0.39, 0.29) is 17.8 Å². The maximum Gasteiger partial charge on any atom is 0.328 e. The lowest BCUT2D eigenvalue weighted by molar-refractivity contribution is -0.145. The Morgan fingerprint density at radius 2 is 2.05 bits per heavy atom. The van der Waals surface area contributed by atoms with Gasteiger partial charge in [0.2, 0.25) is 5.91 Å². The summed E-state index contributed by atoms with van der Waals surface area (Å²) in [5.74, 6) is -0.280. The Labute approximate surface area is 119 Å². The standard InChI is InChI=1S/C16H21NO3/c1-10(2)8-14(16(19)20-3)17-15(18)13-9-11-6-4-5-7-12(11)13/h4-7,10,13-14H,8-9H2,1-3H3,(H,17,18). The second kappa shape index (κ2) is 6.07. The van der Waals surface area contributed by atoms with Gasteiger partial charge in [0.15, 0.2) is 0 Å². The van der Waals surface area contributed by atoms with Crippen LogP contribution in [-0.4, -0.2) is 25.0 Å². The summed E-state index contributed by atoms with van der Waals surface area (Å²) < 4.78 is 4.76. The lowest BCUT2D eigenvalue weighted by atomic mass is 9.77. The average molecular weight is 275 g/mol. The average Bonchev–Trinajstić information content (AvgIpc) is 2.38. The molecule has 0 bridgehead atoms. The first-order valence-corrected chi connectivity index (χ1v) is 6.99. The zero-order valence-electron chi connectivity index (χ0n) is 12.2. The third-order valence-electron chi connectivity index (χ3n) is 3.68. The molecule has 2 unspecified atom stereocenters. The molecule has 1 N–H and O–H groups in total. The number of ether oxygens (including phenoxy) is 1. The number of amides is 1. The van der Waals surface area contributed by atoms with E-state index in [1.165, 1.54) is 12.7 Å². The van der Waals surface area contributed by atoms with Crippen molar-refractivity contribution in [3.05, 3.63) is 35.4 Å². The maximum atomic E-state index is 12.3. The van der Waals surface area contributed by atoms with Gasteiger partial charge in [0.05, 0.1) is 13.0 Å². The van der Waals surface area contributed by atoms with Crippen LogP contribution in [0.3, 0.4) is 0 Å². The molecule has 1 aliphatic rings. The number of nitrogens with one attached hydrogen (secondary N) is 1. The van der Waals surface area contributed by atoms with E-state index in [9.17, 15) is 9.59 Å². The van der Waals surface area contributed by atoms with Crippen molar-refractivity contribution in [1.82, 2.24) is 5.32 Å². The summed E-state index contributed by atoms with van der Waals surface area (Å²) in [5.41, 5.74) is 2.28. The number of hydrogen-bond donors (Lipinski definition) is 1. The molecule has 0 heterocycles. The number of carbonyl (C=O) groups excluding carboxylic acids is 2. The molecule has 0 saturated carbocycles. The number of fused-ring (bicyclic) bond motifs is 1. The van der Waals surface area contributed by atoms with Crippen LogP contribution in [0.5, 0.6) is 0 Å². The molecule has 20 heavy (non-hydrogen) atoms. The summed E-state index contributed by atoms with van der Waals surface area (Å²) in [6, 6.07) is 7.36. The van der Waals surface area contributed by atoms with Gasteiger partial charge in [-0.25, -0.2) is 4.79 Å². The number of esters is 1. The van der Waals surface area contributed by atoms with Crippen molar-refractivity contribution >= 4 is 11.9 Å². The summed E-state index contributed by atoms with van der Waals surface area (Å²) in [7, 11) is 1.35. The number of carbonyl (C=O) groups is 2. The van der Waals surface area contributed by atoms with Crippen molar-refractivity contribution in [2.24, 2.45) is 5.92 Å². The molecule has 108 valence electrons. The molecule has 1 aromatic carbocycles. The van der Waals surface area contributed by atoms with Crippen LogP contribution in [0.4, 0.5) is 0 Å². The highest BCUT2D eigenvalue weighted by Crippen LogP contribution is 2.34. The summed E-state index contributed by atoms with van der Waals surface area (Å²) in [5, 5.41) is 2.83. The molecular formula is C16H21NO3. The minimum Gasteiger partial charge on any atom is -0.467 e. The van der Waals surface area contributed by atoms with Gasteiger partial charge >= 0.3 is 5.97 Å². The van der Waals surface area contributed by atoms with Crippen LogP contribution in [0.2, 0.25) is 0 Å². The normalized spacial score (nSPS) is 17.9. The molecule has 0 saturated heterocycles. The second-order valence-corrected chi connectivity index (χ2v) is 5.67. The Morgan fingerprint density at radius 1 is 1.35 bits per heavy atom. The smallest absolute Gasteiger partial charge is 0.328 e. The predicted octanol–water partition coefficient (Wildman–Crippen LogP) is 2.03. The van der Waals surface area contributed by atoms with E-state index in [1.54, 1.807) is 0 Å². The fraction of sp³-hybridized carbons (Fsp3) is 0.500. The molecule has 0 fully saturated rings. The lowest BCUT2D eigenvalue weighted by Gasteiger charge is -2.30. The van der Waals surface area contributed by atoms with Gasteiger partial charge in [0.1, 0.15) is 6.04 Å². The van der Waals surface area contributed by atoms with E-state index < -0.39 is 6.04 Å². The van der Waals surface area contributed by atoms with Crippen molar-refractivity contribution in [2.45, 2.75) is 38.6 Å². The van der Waals surface area contributed by atoms with Crippen molar-refractivity contribution in [3.63, 3.8) is 0 Å². The third kappa shape index (κ3) is 3.00. The first-order valence-electron chi connectivity index (χ1n) is 6.99. The van der Waals surface area contributed by atoms with Crippen molar-refractivity contribution in [1.29, 1.82) is 0 Å². The number of hydrogen-bond acceptors (Lipinski definition) is 3. The summed E-state index contributed by atoms with van der Waals surface area (Å²) >= 11 is 0. The Kier molecular flexibility index (Phi) is 4.42. The lowest BCUT2D eigenvalue weighted by Crippen LogP contribution is -2.46. The van der Waals surface area contributed by atoms with Crippen LogP contribution < -0.4 is 5.32 Å². The van der Waals surface area contributed by atoms with Crippen molar-refractivity contribution in [3.8, 4) is 0 Å². The first-order chi connectivity index (χ1) is 9.52. The Bertz CT molecular complexity index is 510. The number of rotatable bonds is 5. The molecular weight excluding hydrogens is 254 g/mol. The molecule has 2 rings (SSSR count). The van der Waals surface area contributed by atoms with Crippen LogP contribution in [0.1, 0.15) is 37.3 Å². The molecule has 0 radical (unpaired) electrons. The van der Waals surface area contributed by atoms with Crippen LogP contribution in [0, 0.1) is 5.92 Å². The van der Waals surface area contributed by atoms with Crippen LogP contribution in [0.15, 0.2) is 24.3 Å². The van der Waals surface area contributed by atoms with Crippen molar-refractivity contribution < 1.29 is 14.3 Å². The van der Waals surface area contributed by atoms with Gasteiger partial charge in [-0.1, -0.05) is 38.1 Å². The molecule has 1 aliphatic carbocycles. The monoisotopic (exact) mass is 275 g/mol. The highest BCUT2D eigenvalue weighted by molar-refractivity contribution is 5.90. The van der Waals surface area contributed by atoms with E-state index in [0.29, 0.717) is 12.3 Å². The highest BCUT2D eigenvalue weighted by atomic mass is 16.5. The van der Waals surface area contributed by atoms with Gasteiger partial charge in [-0.15, -0.1) is 0 Å². The summed E-state index contributed by atoms with van der Waals surface area (Å²) in [6.07, 6.45) is 1.34. The topological polar surface area (TPSA) is 55.4 Å². The van der Waals surface area contributed by atoms with Crippen LogP contribution >= 0.6 is 0 Å². The minimum absolute atomic E-state index is 0.0836. The molecule has 2 atom stereocenters. The maximum absolute atomic E-state index is 12.3. The summed E-state index contributed by atoms with van der Waals surface area (Å²) in [4.78, 5) is 24.0. The van der Waals surface area contributed by atoms with Gasteiger partial charge in [-0.05, 0) is 29.9 Å². The third-order valence-corrected chi connectivity index (χ3v) is 3.68. The van der Waals surface area contributed by atoms with E-state index in [4.69, 9.17) is 4.74 Å². The fourth-order valence-corrected chi connectivity index (χ4v) is 2.59. The first kappa shape index (κ1) is 14.6. The molecule has 0 aliphatic heterocycles. The fourth-order valence-electron chi connectivity index (χ4n) is 2.59. The zero-order chi connectivity index (χ0) is 14.7. The van der Waals surface area contributed by atoms with Gasteiger partial charge in [0, 0.05) is 0 Å². The van der Waals surface area contributed by atoms with Crippen LogP contribution in [-0.2, 0) is 20.7 Å². The van der Waals surface area contributed by atoms with Gasteiger partial charge in [0.25, 0.3) is 0 Å². The zero-order valence-corrected chi connectivity index (χ0v) is 12.2. The second-order valence-electron chi connectivity index (χ2n) is 5.67. The summed E-state index contributed by atoms with van der Waals surface area (Å²) in [6.45, 7) is 4.03. The van der Waals surface area contributed by atoms with E-state index >= 15 is 0 Å². The van der Waals surface area contributed by atoms with Gasteiger partial charge in [-0.2, -0.15) is 0 Å². The molecule has 4 heteroatoms. The highest BCUT2D eigenvalue weighted by Gasteiger charge is 2.34. The molecule has 0 spiro atoms. The largest absolute Gasteiger partial charge is 0.467 e. The minimum atomic E-state index is -0.555. The van der Waals surface area contributed by atoms with Gasteiger partial charge < -0.3 is 10.1 Å². The number of methoxy groups -OCH3 is 1. The number of benzene rings is 1. The Balaban J connectivity index is 2.01. The predicted molar refractivity (Wildman–Crippen MR) is 76.3 cm³/mol. The quantitative estimate of drug-likeness (QED) is 0.837. The van der Waals surface area contributed by atoms with Crippen molar-refractivity contribution in [2.75, 3.05) is 7.11 Å². The van der Waals surface area contributed by atoms with E-state index in [0.717, 1.165) is 12.0 Å². The van der Waals surface area contributed by atoms with E-state index in [1.807, 2.05) is 38.1 Å². The van der Waals surface area contributed by atoms with E-state index in [2.05, 4.69) is 5.32 Å². The van der Waals surface area contributed by atoms with Gasteiger partial charge in [-0.3, -0.25) is 4.79 Å². The molecule has 0 aromatic heterocycles.